The van der Waals surface area contributed by atoms with Crippen LogP contribution in [0.1, 0.15) is 29.6 Å². The molecule has 4 rings (SSSR count). The second-order valence-electron chi connectivity index (χ2n) is 7.54. The van der Waals surface area contributed by atoms with E-state index in [1.807, 2.05) is 40.9 Å². The van der Waals surface area contributed by atoms with Crippen molar-refractivity contribution in [1.82, 2.24) is 9.80 Å². The van der Waals surface area contributed by atoms with Gasteiger partial charge in [0.1, 0.15) is 5.75 Å². The maximum atomic E-state index is 12.7. The van der Waals surface area contributed by atoms with E-state index in [0.29, 0.717) is 6.04 Å². The summed E-state index contributed by atoms with van der Waals surface area (Å²) in [4.78, 5) is 17.1. The Morgan fingerprint density at radius 2 is 1.89 bits per heavy atom. The highest BCUT2D eigenvalue weighted by atomic mass is 32.2. The molecule has 144 valence electrons. The Bertz CT molecular complexity index is 804. The molecule has 2 heterocycles. The molecular weight excluding hydrogens is 356 g/mol. The third-order valence-electron chi connectivity index (χ3n) is 5.75. The number of fused-ring (bicyclic) bond motifs is 1. The van der Waals surface area contributed by atoms with Crippen LogP contribution in [0, 0.1) is 0 Å². The van der Waals surface area contributed by atoms with Crippen LogP contribution in [-0.2, 0) is 0 Å². The van der Waals surface area contributed by atoms with Gasteiger partial charge in [-0.3, -0.25) is 4.79 Å². The van der Waals surface area contributed by atoms with E-state index in [1.165, 1.54) is 19.4 Å². The minimum Gasteiger partial charge on any atom is -0.494 e. The molecule has 4 nitrogen and oxygen atoms in total. The highest BCUT2D eigenvalue weighted by Gasteiger charge is 2.20. The normalized spacial score (nSPS) is 20.9. The second-order valence-corrected chi connectivity index (χ2v) is 8.77. The van der Waals surface area contributed by atoms with Crippen LogP contribution in [0.4, 0.5) is 0 Å². The van der Waals surface area contributed by atoms with Gasteiger partial charge in [-0.25, -0.2) is 0 Å². The van der Waals surface area contributed by atoms with Crippen LogP contribution in [-0.4, -0.2) is 66.5 Å². The Morgan fingerprint density at radius 1 is 1.11 bits per heavy atom. The molecule has 0 spiro atoms. The van der Waals surface area contributed by atoms with E-state index in [-0.39, 0.29) is 5.91 Å². The lowest BCUT2D eigenvalue weighted by Gasteiger charge is -2.26. The molecule has 0 N–H and O–H groups in total. The minimum atomic E-state index is 0.151. The van der Waals surface area contributed by atoms with Gasteiger partial charge in [0.05, 0.1) is 6.61 Å². The van der Waals surface area contributed by atoms with Crippen LogP contribution < -0.4 is 4.74 Å². The predicted molar refractivity (Wildman–Crippen MR) is 113 cm³/mol. The van der Waals surface area contributed by atoms with Crippen LogP contribution in [0.15, 0.2) is 36.4 Å². The molecule has 2 aliphatic rings. The first-order chi connectivity index (χ1) is 13.2. The van der Waals surface area contributed by atoms with Crippen LogP contribution in [0.2, 0.25) is 0 Å². The number of hydrogen-bond donors (Lipinski definition) is 0. The van der Waals surface area contributed by atoms with Crippen molar-refractivity contribution in [2.24, 2.45) is 0 Å². The highest BCUT2D eigenvalue weighted by molar-refractivity contribution is 7.99. The number of carbonyl (C=O) groups excluding carboxylic acids is 1. The lowest BCUT2D eigenvalue weighted by atomic mass is 10.1. The molecular formula is C22H28N2O2S. The molecule has 2 saturated heterocycles. The van der Waals surface area contributed by atoms with Gasteiger partial charge in [-0.15, -0.1) is 0 Å². The number of rotatable bonds is 5. The molecule has 1 unspecified atom stereocenters. The van der Waals surface area contributed by atoms with Gasteiger partial charge in [0.25, 0.3) is 5.91 Å². The summed E-state index contributed by atoms with van der Waals surface area (Å²) in [6, 6.07) is 12.8. The summed E-state index contributed by atoms with van der Waals surface area (Å²) in [5.41, 5.74) is 0.785. The fraction of sp³-hybridized carbons (Fsp3) is 0.500. The number of nitrogens with zero attached hydrogens (tertiary/aromatic N) is 2. The second kappa shape index (κ2) is 8.53. The van der Waals surface area contributed by atoms with Crippen molar-refractivity contribution in [3.05, 3.63) is 42.0 Å². The molecule has 2 aromatic rings. The molecule has 0 saturated carbocycles. The monoisotopic (exact) mass is 384 g/mol. The van der Waals surface area contributed by atoms with E-state index in [4.69, 9.17) is 4.74 Å². The molecule has 2 aliphatic heterocycles. The summed E-state index contributed by atoms with van der Waals surface area (Å²) in [5.74, 6) is 3.14. The predicted octanol–water partition coefficient (Wildman–Crippen LogP) is 3.89. The molecule has 1 atom stereocenters. The zero-order chi connectivity index (χ0) is 18.6. The lowest BCUT2D eigenvalue weighted by molar-refractivity contribution is 0.0772. The van der Waals surface area contributed by atoms with E-state index >= 15 is 0 Å². The summed E-state index contributed by atoms with van der Waals surface area (Å²) < 4.78 is 5.99. The fourth-order valence-corrected chi connectivity index (χ4v) is 4.96. The summed E-state index contributed by atoms with van der Waals surface area (Å²) in [6.07, 6.45) is 3.66. The zero-order valence-electron chi connectivity index (χ0n) is 16.0. The van der Waals surface area contributed by atoms with Crippen molar-refractivity contribution in [2.45, 2.75) is 25.3 Å². The molecule has 5 heteroatoms. The fourth-order valence-electron chi connectivity index (χ4n) is 4.05. The van der Waals surface area contributed by atoms with Crippen molar-refractivity contribution >= 4 is 28.4 Å². The Morgan fingerprint density at radius 3 is 2.67 bits per heavy atom. The lowest BCUT2D eigenvalue weighted by Crippen LogP contribution is -2.37. The van der Waals surface area contributed by atoms with Crippen molar-refractivity contribution < 1.29 is 9.53 Å². The Hall–Kier alpha value is -1.72. The van der Waals surface area contributed by atoms with Crippen molar-refractivity contribution in [3.63, 3.8) is 0 Å². The average molecular weight is 385 g/mol. The van der Waals surface area contributed by atoms with E-state index in [1.54, 1.807) is 0 Å². The van der Waals surface area contributed by atoms with Gasteiger partial charge >= 0.3 is 0 Å². The number of benzene rings is 2. The molecule has 0 aliphatic carbocycles. The van der Waals surface area contributed by atoms with Crippen molar-refractivity contribution in [2.75, 3.05) is 44.8 Å². The molecule has 1 amide bonds. The Labute approximate surface area is 165 Å². The van der Waals surface area contributed by atoms with Gasteiger partial charge in [0.2, 0.25) is 0 Å². The first-order valence-corrected chi connectivity index (χ1v) is 11.1. The quantitative estimate of drug-likeness (QED) is 0.783. The van der Waals surface area contributed by atoms with Crippen LogP contribution in [0.5, 0.6) is 5.75 Å². The summed E-state index contributed by atoms with van der Waals surface area (Å²) >= 11 is 1.92. The van der Waals surface area contributed by atoms with Gasteiger partial charge in [-0.2, -0.15) is 11.8 Å². The highest BCUT2D eigenvalue weighted by Crippen LogP contribution is 2.24. The number of ether oxygens (including phenoxy) is 1. The first-order valence-electron chi connectivity index (χ1n) is 9.94. The Balaban J connectivity index is 1.40. The SMILES string of the molecule is CN1CCCC1CCOc1ccc2cc(C(=O)N3CCSCC3)ccc2c1. The number of carbonyl (C=O) groups is 1. The topological polar surface area (TPSA) is 32.8 Å². The number of likely N-dealkylation sites (tertiary alicyclic amines) is 1. The summed E-state index contributed by atoms with van der Waals surface area (Å²) in [7, 11) is 2.20. The van der Waals surface area contributed by atoms with Crippen LogP contribution >= 0.6 is 11.8 Å². The molecule has 2 aromatic carbocycles. The van der Waals surface area contributed by atoms with Gasteiger partial charge in [-0.05, 0) is 67.9 Å². The first kappa shape index (κ1) is 18.6. The van der Waals surface area contributed by atoms with E-state index in [2.05, 4.69) is 24.1 Å². The maximum Gasteiger partial charge on any atom is 0.253 e. The number of hydrogen-bond acceptors (Lipinski definition) is 4. The van der Waals surface area contributed by atoms with Gasteiger partial charge in [0.15, 0.2) is 0 Å². The summed E-state index contributed by atoms with van der Waals surface area (Å²) in [5, 5.41) is 2.21. The van der Waals surface area contributed by atoms with Crippen molar-refractivity contribution in [1.29, 1.82) is 0 Å². The van der Waals surface area contributed by atoms with Gasteiger partial charge in [-0.1, -0.05) is 12.1 Å². The van der Waals surface area contributed by atoms with E-state index in [9.17, 15) is 4.79 Å². The number of thioether (sulfide) groups is 1. The maximum absolute atomic E-state index is 12.7. The zero-order valence-corrected chi connectivity index (χ0v) is 16.8. The van der Waals surface area contributed by atoms with E-state index < -0.39 is 0 Å². The molecule has 27 heavy (non-hydrogen) atoms. The smallest absolute Gasteiger partial charge is 0.253 e. The van der Waals surface area contributed by atoms with Crippen LogP contribution in [0.25, 0.3) is 10.8 Å². The third kappa shape index (κ3) is 4.41. The van der Waals surface area contributed by atoms with Crippen LogP contribution in [0.3, 0.4) is 0 Å². The average Bonchev–Trinajstić information content (AvgIpc) is 3.12. The molecule has 0 aromatic heterocycles. The minimum absolute atomic E-state index is 0.151. The van der Waals surface area contributed by atoms with E-state index in [0.717, 1.165) is 59.7 Å². The Kier molecular flexibility index (Phi) is 5.89. The summed E-state index contributed by atoms with van der Waals surface area (Å²) in [6.45, 7) is 3.66. The largest absolute Gasteiger partial charge is 0.494 e. The number of amides is 1. The molecule has 2 fully saturated rings. The van der Waals surface area contributed by atoms with Gasteiger partial charge < -0.3 is 14.5 Å². The molecule has 0 radical (unpaired) electrons. The van der Waals surface area contributed by atoms with Crippen molar-refractivity contribution in [3.8, 4) is 5.75 Å². The third-order valence-corrected chi connectivity index (χ3v) is 6.69. The standard InChI is InChI=1S/C22H28N2O2S/c1-23-9-2-3-20(23)8-12-26-21-7-6-17-15-19(5-4-18(17)16-21)22(25)24-10-13-27-14-11-24/h4-7,15-16,20H,2-3,8-14H2,1H3. The van der Waals surface area contributed by atoms with Gasteiger partial charge in [0, 0.05) is 36.2 Å². The molecule has 0 bridgehead atoms.